The molecule has 5 heteroatoms. The monoisotopic (exact) mass is 397 g/mol. The van der Waals surface area contributed by atoms with Crippen molar-refractivity contribution in [2.75, 3.05) is 37.7 Å². The molecule has 3 rings (SSSR count). The molecule has 1 aromatic rings. The molecule has 0 aliphatic carbocycles. The summed E-state index contributed by atoms with van der Waals surface area (Å²) in [5.41, 5.74) is 2.88. The summed E-state index contributed by atoms with van der Waals surface area (Å²) in [5.74, 6) is 2.54. The second kappa shape index (κ2) is 8.34. The Labute approximate surface area is 153 Å². The lowest BCUT2D eigenvalue weighted by atomic mass is 10.1. The van der Waals surface area contributed by atoms with Crippen molar-refractivity contribution in [3.8, 4) is 0 Å². The number of nitrogens with one attached hydrogen (secondary N) is 1. The Balaban J connectivity index is 1.64. The topological polar surface area (TPSA) is 18.5 Å². The second-order valence-corrected chi connectivity index (χ2v) is 9.06. The highest BCUT2D eigenvalue weighted by Gasteiger charge is 2.21. The molecule has 1 aromatic carbocycles. The molecule has 3 nitrogen and oxygen atoms in total. The van der Waals surface area contributed by atoms with Gasteiger partial charge in [-0.2, -0.15) is 11.8 Å². The van der Waals surface area contributed by atoms with Crippen LogP contribution < -0.4 is 5.32 Å². The van der Waals surface area contributed by atoms with Crippen LogP contribution >= 0.6 is 27.7 Å². The second-order valence-electron chi connectivity index (χ2n) is 6.98. The lowest BCUT2D eigenvalue weighted by Crippen LogP contribution is -2.53. The summed E-state index contributed by atoms with van der Waals surface area (Å²) < 4.78 is 1.25. The Hall–Kier alpha value is -0.0700. The number of hydrogen-bond acceptors (Lipinski definition) is 4. The molecular formula is C18H28BrN3S. The molecule has 2 fully saturated rings. The van der Waals surface area contributed by atoms with Gasteiger partial charge in [0.15, 0.2) is 0 Å². The van der Waals surface area contributed by atoms with Crippen molar-refractivity contribution in [3.63, 3.8) is 0 Å². The van der Waals surface area contributed by atoms with Crippen LogP contribution in [0.4, 0.5) is 0 Å². The van der Waals surface area contributed by atoms with Crippen LogP contribution in [0.15, 0.2) is 22.7 Å². The summed E-state index contributed by atoms with van der Waals surface area (Å²) in [5, 5.41) is 3.61. The maximum Gasteiger partial charge on any atom is 0.0245 e. The van der Waals surface area contributed by atoms with Gasteiger partial charge in [0.25, 0.3) is 0 Å². The maximum absolute atomic E-state index is 3.75. The summed E-state index contributed by atoms with van der Waals surface area (Å²) in [6.45, 7) is 11.4. The molecule has 0 saturated carbocycles. The van der Waals surface area contributed by atoms with E-state index in [-0.39, 0.29) is 0 Å². The first kappa shape index (κ1) is 17.7. The predicted octanol–water partition coefficient (Wildman–Crippen LogP) is 3.18. The third-order valence-corrected chi connectivity index (χ3v) is 6.36. The Bertz CT molecular complexity index is 509. The molecule has 2 heterocycles. The summed E-state index contributed by atoms with van der Waals surface area (Å²) >= 11 is 5.82. The predicted molar refractivity (Wildman–Crippen MR) is 104 cm³/mol. The number of nitrogens with zero attached hydrogens (tertiary/aromatic N) is 2. The van der Waals surface area contributed by atoms with Crippen LogP contribution in [-0.4, -0.2) is 59.6 Å². The number of thioether (sulfide) groups is 1. The fourth-order valence-corrected chi connectivity index (χ4v) is 5.03. The molecule has 2 aliphatic rings. The van der Waals surface area contributed by atoms with E-state index in [0.29, 0.717) is 12.1 Å². The summed E-state index contributed by atoms with van der Waals surface area (Å²) in [4.78, 5) is 5.16. The minimum atomic E-state index is 0.583. The quantitative estimate of drug-likeness (QED) is 0.840. The SMILES string of the molecule is C[C@@H]1CN(Cc2ccc(Br)c(CN3CCSCC3)c2)C[C@H](C)N1. The zero-order chi connectivity index (χ0) is 16.2. The van der Waals surface area contributed by atoms with Gasteiger partial charge in [0, 0.05) is 67.3 Å². The minimum Gasteiger partial charge on any atom is -0.309 e. The van der Waals surface area contributed by atoms with E-state index in [0.717, 1.165) is 26.2 Å². The van der Waals surface area contributed by atoms with Crippen molar-refractivity contribution in [1.82, 2.24) is 15.1 Å². The standard InChI is InChI=1S/C18H28BrN3S/c1-14-10-22(11-15(2)20-14)12-16-3-4-18(19)17(9-16)13-21-5-7-23-8-6-21/h3-4,9,14-15,20H,5-8,10-13H2,1-2H3/t14-,15+. The van der Waals surface area contributed by atoms with Crippen molar-refractivity contribution in [2.45, 2.75) is 39.0 Å². The van der Waals surface area contributed by atoms with Crippen LogP contribution in [0.2, 0.25) is 0 Å². The van der Waals surface area contributed by atoms with Crippen LogP contribution in [0.1, 0.15) is 25.0 Å². The summed E-state index contributed by atoms with van der Waals surface area (Å²) in [6, 6.07) is 8.08. The Kier molecular flexibility index (Phi) is 6.44. The van der Waals surface area contributed by atoms with Crippen LogP contribution in [0.25, 0.3) is 0 Å². The zero-order valence-corrected chi connectivity index (χ0v) is 16.6. The maximum atomic E-state index is 3.75. The van der Waals surface area contributed by atoms with E-state index in [1.54, 1.807) is 0 Å². The van der Waals surface area contributed by atoms with Crippen LogP contribution in [0.5, 0.6) is 0 Å². The fourth-order valence-electron chi connectivity index (χ4n) is 3.68. The van der Waals surface area contributed by atoms with E-state index >= 15 is 0 Å². The zero-order valence-electron chi connectivity index (χ0n) is 14.2. The molecule has 0 bridgehead atoms. The van der Waals surface area contributed by atoms with Crippen molar-refractivity contribution in [3.05, 3.63) is 33.8 Å². The average molecular weight is 398 g/mol. The molecule has 2 saturated heterocycles. The number of halogens is 1. The highest BCUT2D eigenvalue weighted by molar-refractivity contribution is 9.10. The third kappa shape index (κ3) is 5.20. The van der Waals surface area contributed by atoms with Crippen LogP contribution in [0.3, 0.4) is 0 Å². The first-order valence-corrected chi connectivity index (χ1v) is 10.6. The molecule has 0 aromatic heterocycles. The van der Waals surface area contributed by atoms with Gasteiger partial charge in [-0.1, -0.05) is 28.1 Å². The van der Waals surface area contributed by atoms with Gasteiger partial charge in [0.2, 0.25) is 0 Å². The first-order valence-electron chi connectivity index (χ1n) is 8.66. The normalized spacial score (nSPS) is 27.3. The van der Waals surface area contributed by atoms with Crippen molar-refractivity contribution in [1.29, 1.82) is 0 Å². The van der Waals surface area contributed by atoms with E-state index in [1.165, 1.54) is 40.2 Å². The van der Waals surface area contributed by atoms with E-state index in [2.05, 4.69) is 74.9 Å². The van der Waals surface area contributed by atoms with Crippen molar-refractivity contribution in [2.24, 2.45) is 0 Å². The third-order valence-electron chi connectivity index (χ3n) is 4.65. The molecule has 0 spiro atoms. The van der Waals surface area contributed by atoms with Gasteiger partial charge in [0.1, 0.15) is 0 Å². The molecule has 2 atom stereocenters. The van der Waals surface area contributed by atoms with E-state index in [4.69, 9.17) is 0 Å². The first-order chi connectivity index (χ1) is 11.1. The molecule has 1 N–H and O–H groups in total. The van der Waals surface area contributed by atoms with E-state index < -0.39 is 0 Å². The smallest absolute Gasteiger partial charge is 0.0245 e. The van der Waals surface area contributed by atoms with E-state index in [9.17, 15) is 0 Å². The Morgan fingerprint density at radius 1 is 1.09 bits per heavy atom. The fraction of sp³-hybridized carbons (Fsp3) is 0.667. The summed E-state index contributed by atoms with van der Waals surface area (Å²) in [6.07, 6.45) is 0. The number of rotatable bonds is 4. The molecule has 0 radical (unpaired) electrons. The van der Waals surface area contributed by atoms with Gasteiger partial charge in [-0.25, -0.2) is 0 Å². The van der Waals surface area contributed by atoms with Crippen LogP contribution in [0, 0.1) is 0 Å². The Morgan fingerprint density at radius 3 is 2.48 bits per heavy atom. The van der Waals surface area contributed by atoms with Gasteiger partial charge in [0.05, 0.1) is 0 Å². The summed E-state index contributed by atoms with van der Waals surface area (Å²) in [7, 11) is 0. The number of piperazine rings is 1. The number of benzene rings is 1. The molecule has 0 unspecified atom stereocenters. The van der Waals surface area contributed by atoms with Gasteiger partial charge < -0.3 is 5.32 Å². The molecular weight excluding hydrogens is 370 g/mol. The van der Waals surface area contributed by atoms with Crippen LogP contribution in [-0.2, 0) is 13.1 Å². The van der Waals surface area contributed by atoms with Gasteiger partial charge in [-0.3, -0.25) is 9.80 Å². The van der Waals surface area contributed by atoms with Crippen molar-refractivity contribution < 1.29 is 0 Å². The molecule has 0 amide bonds. The highest BCUT2D eigenvalue weighted by Crippen LogP contribution is 2.23. The lowest BCUT2D eigenvalue weighted by Gasteiger charge is -2.36. The molecule has 23 heavy (non-hydrogen) atoms. The van der Waals surface area contributed by atoms with Gasteiger partial charge in [-0.15, -0.1) is 0 Å². The minimum absolute atomic E-state index is 0.583. The molecule has 128 valence electrons. The largest absolute Gasteiger partial charge is 0.309 e. The Morgan fingerprint density at radius 2 is 1.78 bits per heavy atom. The highest BCUT2D eigenvalue weighted by atomic mass is 79.9. The van der Waals surface area contributed by atoms with Gasteiger partial charge in [-0.05, 0) is 31.0 Å². The van der Waals surface area contributed by atoms with E-state index in [1.807, 2.05) is 0 Å². The number of hydrogen-bond donors (Lipinski definition) is 1. The van der Waals surface area contributed by atoms with Gasteiger partial charge >= 0.3 is 0 Å². The lowest BCUT2D eigenvalue weighted by molar-refractivity contribution is 0.166. The van der Waals surface area contributed by atoms with Crippen molar-refractivity contribution >= 4 is 27.7 Å². The average Bonchev–Trinajstić information content (AvgIpc) is 2.51. The molecule has 2 aliphatic heterocycles.